The first kappa shape index (κ1) is 9.60. The first-order chi connectivity index (χ1) is 5.95. The molecule has 4 nitrogen and oxygen atoms in total. The van der Waals surface area contributed by atoms with Crippen LogP contribution in [0.2, 0.25) is 0 Å². The molecule has 0 aliphatic heterocycles. The summed E-state index contributed by atoms with van der Waals surface area (Å²) in [5.74, 6) is 1.15. The SMILES string of the molecule is S.c1ccc(Oc2ccn[nH]2)nc1. The Bertz CT molecular complexity index is 336. The minimum atomic E-state index is 0. The molecular formula is C8H9N3OS. The summed E-state index contributed by atoms with van der Waals surface area (Å²) < 4.78 is 5.29. The topological polar surface area (TPSA) is 50.8 Å². The second-order valence-electron chi connectivity index (χ2n) is 2.19. The minimum absolute atomic E-state index is 0. The molecule has 0 fully saturated rings. The summed E-state index contributed by atoms with van der Waals surface area (Å²) in [6, 6.07) is 7.20. The zero-order valence-corrected chi connectivity index (χ0v) is 7.77. The van der Waals surface area contributed by atoms with Gasteiger partial charge < -0.3 is 4.74 Å². The van der Waals surface area contributed by atoms with Crippen LogP contribution in [0.1, 0.15) is 0 Å². The number of rotatable bonds is 2. The van der Waals surface area contributed by atoms with Gasteiger partial charge in [0.1, 0.15) is 0 Å². The largest absolute Gasteiger partial charge is 0.421 e. The molecule has 0 radical (unpaired) electrons. The Kier molecular flexibility index (Phi) is 3.33. The first-order valence-electron chi connectivity index (χ1n) is 3.53. The third kappa shape index (κ3) is 2.48. The molecule has 2 aromatic rings. The van der Waals surface area contributed by atoms with E-state index in [1.807, 2.05) is 12.1 Å². The quantitative estimate of drug-likeness (QED) is 0.793. The Morgan fingerprint density at radius 2 is 2.08 bits per heavy atom. The molecule has 13 heavy (non-hydrogen) atoms. The molecule has 0 atom stereocenters. The fraction of sp³-hybridized carbons (Fsp3) is 0. The van der Waals surface area contributed by atoms with Crippen LogP contribution in [0, 0.1) is 0 Å². The van der Waals surface area contributed by atoms with Gasteiger partial charge in [0.2, 0.25) is 11.8 Å². The number of aromatic amines is 1. The van der Waals surface area contributed by atoms with Gasteiger partial charge in [0, 0.05) is 18.3 Å². The predicted molar refractivity (Wildman–Crippen MR) is 53.3 cm³/mol. The lowest BCUT2D eigenvalue weighted by Gasteiger charge is -1.98. The number of H-pyrrole nitrogens is 1. The molecule has 0 spiro atoms. The van der Waals surface area contributed by atoms with Crippen LogP contribution in [0.15, 0.2) is 36.7 Å². The maximum atomic E-state index is 5.29. The van der Waals surface area contributed by atoms with E-state index in [0.29, 0.717) is 11.8 Å². The Morgan fingerprint density at radius 1 is 1.15 bits per heavy atom. The lowest BCUT2D eigenvalue weighted by Crippen LogP contribution is -1.86. The van der Waals surface area contributed by atoms with Crippen LogP contribution >= 0.6 is 13.5 Å². The van der Waals surface area contributed by atoms with Crippen molar-refractivity contribution in [3.8, 4) is 11.8 Å². The zero-order valence-electron chi connectivity index (χ0n) is 6.77. The van der Waals surface area contributed by atoms with Gasteiger partial charge in [-0.15, -0.1) is 0 Å². The maximum absolute atomic E-state index is 5.29. The Labute approximate surface area is 82.4 Å². The number of hydrogen-bond donors (Lipinski definition) is 1. The van der Waals surface area contributed by atoms with Gasteiger partial charge in [0.15, 0.2) is 0 Å². The molecule has 1 N–H and O–H groups in total. The number of nitrogens with zero attached hydrogens (tertiary/aromatic N) is 2. The van der Waals surface area contributed by atoms with Crippen LogP contribution < -0.4 is 4.74 Å². The first-order valence-corrected chi connectivity index (χ1v) is 3.53. The van der Waals surface area contributed by atoms with Crippen molar-refractivity contribution >= 4 is 13.5 Å². The van der Waals surface area contributed by atoms with E-state index in [1.54, 1.807) is 24.5 Å². The Balaban J connectivity index is 0.000000845. The van der Waals surface area contributed by atoms with E-state index in [2.05, 4.69) is 15.2 Å². The van der Waals surface area contributed by atoms with Gasteiger partial charge in [-0.3, -0.25) is 0 Å². The van der Waals surface area contributed by atoms with Crippen LogP contribution in [0.5, 0.6) is 11.8 Å². The second kappa shape index (κ2) is 4.51. The molecule has 0 aliphatic rings. The highest BCUT2D eigenvalue weighted by Crippen LogP contribution is 2.13. The molecule has 2 rings (SSSR count). The molecular weight excluding hydrogens is 186 g/mol. The fourth-order valence-corrected chi connectivity index (χ4v) is 0.820. The predicted octanol–water partition coefficient (Wildman–Crippen LogP) is 1.71. The van der Waals surface area contributed by atoms with Crippen LogP contribution in [-0.4, -0.2) is 15.2 Å². The average molecular weight is 195 g/mol. The van der Waals surface area contributed by atoms with E-state index in [9.17, 15) is 0 Å². The molecule has 5 heteroatoms. The molecule has 2 heterocycles. The number of nitrogens with one attached hydrogen (secondary N) is 1. The van der Waals surface area contributed by atoms with Crippen molar-refractivity contribution in [2.75, 3.05) is 0 Å². The summed E-state index contributed by atoms with van der Waals surface area (Å²) in [6.07, 6.45) is 3.30. The van der Waals surface area contributed by atoms with Crippen LogP contribution in [0.25, 0.3) is 0 Å². The van der Waals surface area contributed by atoms with Crippen molar-refractivity contribution in [1.82, 2.24) is 15.2 Å². The summed E-state index contributed by atoms with van der Waals surface area (Å²) in [7, 11) is 0. The molecule has 0 saturated heterocycles. The van der Waals surface area contributed by atoms with Crippen molar-refractivity contribution in [3.05, 3.63) is 36.7 Å². The lowest BCUT2D eigenvalue weighted by molar-refractivity contribution is 0.443. The summed E-state index contributed by atoms with van der Waals surface area (Å²) in [5, 5.41) is 6.41. The summed E-state index contributed by atoms with van der Waals surface area (Å²) in [4.78, 5) is 3.98. The normalized spacial score (nSPS) is 8.92. The summed E-state index contributed by atoms with van der Waals surface area (Å²) in [6.45, 7) is 0. The molecule has 0 saturated carbocycles. The van der Waals surface area contributed by atoms with Crippen molar-refractivity contribution in [2.45, 2.75) is 0 Å². The second-order valence-corrected chi connectivity index (χ2v) is 2.19. The van der Waals surface area contributed by atoms with Gasteiger partial charge in [-0.2, -0.15) is 18.6 Å². The van der Waals surface area contributed by atoms with Gasteiger partial charge in [0.05, 0.1) is 6.20 Å². The Morgan fingerprint density at radius 3 is 2.69 bits per heavy atom. The number of aromatic nitrogens is 3. The molecule has 0 aliphatic carbocycles. The monoisotopic (exact) mass is 195 g/mol. The van der Waals surface area contributed by atoms with Crippen LogP contribution in [-0.2, 0) is 0 Å². The van der Waals surface area contributed by atoms with Gasteiger partial charge in [-0.1, -0.05) is 6.07 Å². The highest BCUT2D eigenvalue weighted by Gasteiger charge is 1.95. The minimum Gasteiger partial charge on any atom is -0.421 e. The van der Waals surface area contributed by atoms with E-state index < -0.39 is 0 Å². The molecule has 2 aromatic heterocycles. The highest BCUT2D eigenvalue weighted by atomic mass is 32.1. The van der Waals surface area contributed by atoms with Crippen molar-refractivity contribution in [1.29, 1.82) is 0 Å². The number of ether oxygens (including phenoxy) is 1. The summed E-state index contributed by atoms with van der Waals surface area (Å²) >= 11 is 0. The van der Waals surface area contributed by atoms with Crippen molar-refractivity contribution in [2.24, 2.45) is 0 Å². The van der Waals surface area contributed by atoms with E-state index in [0.717, 1.165) is 0 Å². The molecule has 0 aromatic carbocycles. The van der Waals surface area contributed by atoms with E-state index >= 15 is 0 Å². The zero-order chi connectivity index (χ0) is 8.23. The summed E-state index contributed by atoms with van der Waals surface area (Å²) in [5.41, 5.74) is 0. The molecule has 68 valence electrons. The molecule has 0 bridgehead atoms. The van der Waals surface area contributed by atoms with Gasteiger partial charge in [0.25, 0.3) is 0 Å². The molecule has 0 amide bonds. The van der Waals surface area contributed by atoms with E-state index in [-0.39, 0.29) is 13.5 Å². The fourth-order valence-electron chi connectivity index (χ4n) is 0.820. The van der Waals surface area contributed by atoms with Crippen molar-refractivity contribution < 1.29 is 4.74 Å². The average Bonchev–Trinajstić information content (AvgIpc) is 2.59. The third-order valence-corrected chi connectivity index (χ3v) is 1.33. The van der Waals surface area contributed by atoms with Gasteiger partial charge in [-0.25, -0.2) is 10.1 Å². The lowest BCUT2D eigenvalue weighted by atomic mass is 10.5. The smallest absolute Gasteiger partial charge is 0.221 e. The number of pyridine rings is 1. The van der Waals surface area contributed by atoms with E-state index in [1.165, 1.54) is 0 Å². The third-order valence-electron chi connectivity index (χ3n) is 1.33. The van der Waals surface area contributed by atoms with E-state index in [4.69, 9.17) is 4.74 Å². The van der Waals surface area contributed by atoms with Crippen LogP contribution in [0.3, 0.4) is 0 Å². The standard InChI is InChI=1S/C8H7N3O.H2S/c1-2-5-9-7(3-1)12-8-4-6-10-11-8;/h1-6H,(H,10,11);1H2. The number of hydrogen-bond acceptors (Lipinski definition) is 3. The van der Waals surface area contributed by atoms with Crippen LogP contribution in [0.4, 0.5) is 0 Å². The highest BCUT2D eigenvalue weighted by molar-refractivity contribution is 7.59. The Hall–Kier alpha value is -1.49. The maximum Gasteiger partial charge on any atom is 0.221 e. The molecule has 0 unspecified atom stereocenters. The van der Waals surface area contributed by atoms with Gasteiger partial charge in [-0.05, 0) is 6.07 Å². The van der Waals surface area contributed by atoms with Gasteiger partial charge >= 0.3 is 0 Å². The van der Waals surface area contributed by atoms with Crippen molar-refractivity contribution in [3.63, 3.8) is 0 Å².